The van der Waals surface area contributed by atoms with E-state index in [9.17, 15) is 19.2 Å². The van der Waals surface area contributed by atoms with E-state index >= 15 is 0 Å². The Kier molecular flexibility index (Phi) is 6.36. The third-order valence-electron chi connectivity index (χ3n) is 4.42. The fourth-order valence-corrected chi connectivity index (χ4v) is 4.18. The Bertz CT molecular complexity index is 1020. The van der Waals surface area contributed by atoms with Crippen molar-refractivity contribution in [2.24, 2.45) is 0 Å². The molecule has 2 N–H and O–H groups in total. The summed E-state index contributed by atoms with van der Waals surface area (Å²) in [5.41, 5.74) is 1.03. The zero-order valence-electron chi connectivity index (χ0n) is 16.7. The fraction of sp³-hybridized carbons (Fsp3) is 0.300. The first-order valence-corrected chi connectivity index (χ1v) is 10.0. The van der Waals surface area contributed by atoms with E-state index in [1.54, 1.807) is 38.1 Å². The van der Waals surface area contributed by atoms with Crippen LogP contribution in [0.5, 0.6) is 5.75 Å². The molecular weight excluding hydrogens is 410 g/mol. The molecule has 9 nitrogen and oxygen atoms in total. The standard InChI is InChI=1S/C20H21N3O6S/c1-4-28-20(27)16-11(2)17(18(26)21-3)30-19(16)22-14(24)9-23-12-7-5-6-8-13(12)29-10-15(23)25/h5-8H,4,9-10H2,1-3H3,(H,21,26)(H,22,24). The largest absolute Gasteiger partial charge is 0.482 e. The highest BCUT2D eigenvalue weighted by Gasteiger charge is 2.29. The van der Waals surface area contributed by atoms with Gasteiger partial charge in [0.15, 0.2) is 6.61 Å². The van der Waals surface area contributed by atoms with Crippen LogP contribution in [0.15, 0.2) is 24.3 Å². The van der Waals surface area contributed by atoms with Crippen molar-refractivity contribution in [3.8, 4) is 5.75 Å². The Labute approximate surface area is 177 Å². The highest BCUT2D eigenvalue weighted by atomic mass is 32.1. The van der Waals surface area contributed by atoms with E-state index in [1.807, 2.05) is 0 Å². The molecule has 10 heteroatoms. The van der Waals surface area contributed by atoms with Crippen molar-refractivity contribution in [3.05, 3.63) is 40.3 Å². The maximum Gasteiger partial charge on any atom is 0.341 e. The van der Waals surface area contributed by atoms with E-state index in [-0.39, 0.29) is 42.1 Å². The minimum Gasteiger partial charge on any atom is -0.482 e. The van der Waals surface area contributed by atoms with E-state index in [1.165, 1.54) is 11.9 Å². The van der Waals surface area contributed by atoms with Crippen LogP contribution >= 0.6 is 11.3 Å². The summed E-state index contributed by atoms with van der Waals surface area (Å²) in [6, 6.07) is 6.91. The van der Waals surface area contributed by atoms with Crippen LogP contribution in [0.1, 0.15) is 32.5 Å². The molecule has 0 saturated carbocycles. The number of esters is 1. The molecule has 3 rings (SSSR count). The molecule has 0 saturated heterocycles. The maximum absolute atomic E-state index is 12.7. The predicted octanol–water partition coefficient (Wildman–Crippen LogP) is 1.96. The second-order valence-corrected chi connectivity index (χ2v) is 7.36. The molecule has 2 heterocycles. The number of fused-ring (bicyclic) bond motifs is 1. The van der Waals surface area contributed by atoms with Crippen LogP contribution in [0.2, 0.25) is 0 Å². The molecule has 158 valence electrons. The van der Waals surface area contributed by atoms with E-state index in [2.05, 4.69) is 10.6 Å². The van der Waals surface area contributed by atoms with Crippen LogP contribution in [0.3, 0.4) is 0 Å². The fourth-order valence-electron chi connectivity index (χ4n) is 3.02. The lowest BCUT2D eigenvalue weighted by Gasteiger charge is -2.28. The molecule has 30 heavy (non-hydrogen) atoms. The summed E-state index contributed by atoms with van der Waals surface area (Å²) in [4.78, 5) is 51.2. The maximum atomic E-state index is 12.7. The van der Waals surface area contributed by atoms with Crippen LogP contribution in [-0.2, 0) is 14.3 Å². The average Bonchev–Trinajstić information content (AvgIpc) is 3.05. The molecule has 0 unspecified atom stereocenters. The van der Waals surface area contributed by atoms with Crippen molar-refractivity contribution < 1.29 is 28.7 Å². The van der Waals surface area contributed by atoms with E-state index in [4.69, 9.17) is 9.47 Å². The minimum absolute atomic E-state index is 0.127. The molecule has 0 aliphatic carbocycles. The van der Waals surface area contributed by atoms with E-state index in [0.29, 0.717) is 21.9 Å². The van der Waals surface area contributed by atoms with Gasteiger partial charge in [-0.05, 0) is 31.5 Å². The van der Waals surface area contributed by atoms with Crippen molar-refractivity contribution in [1.82, 2.24) is 5.32 Å². The molecule has 1 aliphatic rings. The summed E-state index contributed by atoms with van der Waals surface area (Å²) >= 11 is 0.977. The predicted molar refractivity (Wildman–Crippen MR) is 111 cm³/mol. The molecule has 1 aromatic heterocycles. The van der Waals surface area contributed by atoms with E-state index in [0.717, 1.165) is 11.3 Å². The molecule has 0 bridgehead atoms. The molecular formula is C20H21N3O6S. The third kappa shape index (κ3) is 4.13. The smallest absolute Gasteiger partial charge is 0.341 e. The van der Waals surface area contributed by atoms with Gasteiger partial charge in [0.1, 0.15) is 17.3 Å². The van der Waals surface area contributed by atoms with Crippen LogP contribution in [0.25, 0.3) is 0 Å². The number of carbonyl (C=O) groups excluding carboxylic acids is 4. The van der Waals surface area contributed by atoms with Crippen molar-refractivity contribution >= 4 is 45.7 Å². The summed E-state index contributed by atoms with van der Waals surface area (Å²) in [6.45, 7) is 2.99. The van der Waals surface area contributed by atoms with Gasteiger partial charge in [0.25, 0.3) is 11.8 Å². The van der Waals surface area contributed by atoms with Gasteiger partial charge in [-0.15, -0.1) is 11.3 Å². The Morgan fingerprint density at radius 1 is 1.27 bits per heavy atom. The number of carbonyl (C=O) groups is 4. The van der Waals surface area contributed by atoms with Crippen LogP contribution < -0.4 is 20.3 Å². The number of para-hydroxylation sites is 2. The van der Waals surface area contributed by atoms with Gasteiger partial charge in [-0.1, -0.05) is 12.1 Å². The molecule has 0 fully saturated rings. The third-order valence-corrected chi connectivity index (χ3v) is 5.63. The van der Waals surface area contributed by atoms with Gasteiger partial charge < -0.3 is 20.1 Å². The van der Waals surface area contributed by atoms with Gasteiger partial charge in [0.2, 0.25) is 5.91 Å². The number of nitrogens with one attached hydrogen (secondary N) is 2. The lowest BCUT2D eigenvalue weighted by atomic mass is 10.1. The summed E-state index contributed by atoms with van der Waals surface area (Å²) in [7, 11) is 1.48. The van der Waals surface area contributed by atoms with Gasteiger partial charge in [0.05, 0.1) is 22.7 Å². The molecule has 3 amide bonds. The summed E-state index contributed by atoms with van der Waals surface area (Å²) in [5.74, 6) is -1.38. The first-order valence-electron chi connectivity index (χ1n) is 9.22. The van der Waals surface area contributed by atoms with Crippen LogP contribution in [0, 0.1) is 6.92 Å². The average molecular weight is 431 g/mol. The number of hydrogen-bond acceptors (Lipinski definition) is 7. The number of hydrogen-bond donors (Lipinski definition) is 2. The Morgan fingerprint density at radius 3 is 2.70 bits per heavy atom. The lowest BCUT2D eigenvalue weighted by molar-refractivity contribution is -0.123. The topological polar surface area (TPSA) is 114 Å². The van der Waals surface area contributed by atoms with Gasteiger partial charge in [-0.3, -0.25) is 19.3 Å². The number of nitrogens with zero attached hydrogens (tertiary/aromatic N) is 1. The Hall–Kier alpha value is -3.40. The van der Waals surface area contributed by atoms with Gasteiger partial charge in [-0.2, -0.15) is 0 Å². The van der Waals surface area contributed by atoms with Crippen molar-refractivity contribution in [2.75, 3.05) is 37.0 Å². The molecule has 0 radical (unpaired) electrons. The Morgan fingerprint density at radius 2 is 2.00 bits per heavy atom. The number of rotatable bonds is 6. The van der Waals surface area contributed by atoms with Crippen molar-refractivity contribution in [1.29, 1.82) is 0 Å². The van der Waals surface area contributed by atoms with Crippen molar-refractivity contribution in [3.63, 3.8) is 0 Å². The van der Waals surface area contributed by atoms with Crippen LogP contribution in [0.4, 0.5) is 10.7 Å². The zero-order valence-corrected chi connectivity index (χ0v) is 17.6. The minimum atomic E-state index is -0.635. The quantitative estimate of drug-likeness (QED) is 0.676. The lowest BCUT2D eigenvalue weighted by Crippen LogP contribution is -2.43. The van der Waals surface area contributed by atoms with Gasteiger partial charge >= 0.3 is 5.97 Å². The van der Waals surface area contributed by atoms with Gasteiger partial charge in [-0.25, -0.2) is 4.79 Å². The zero-order chi connectivity index (χ0) is 21.8. The number of anilines is 2. The molecule has 2 aromatic rings. The molecule has 1 aromatic carbocycles. The summed E-state index contributed by atoms with van der Waals surface area (Å²) in [6.07, 6.45) is 0. The van der Waals surface area contributed by atoms with Gasteiger partial charge in [0, 0.05) is 7.05 Å². The highest BCUT2D eigenvalue weighted by Crippen LogP contribution is 2.34. The Balaban J connectivity index is 1.87. The SMILES string of the molecule is CCOC(=O)c1c(NC(=O)CN2C(=O)COc3ccccc32)sc(C(=O)NC)c1C. The summed E-state index contributed by atoms with van der Waals surface area (Å²) < 4.78 is 10.4. The summed E-state index contributed by atoms with van der Waals surface area (Å²) in [5, 5.41) is 5.36. The number of benzene rings is 1. The second kappa shape index (κ2) is 8.95. The highest BCUT2D eigenvalue weighted by molar-refractivity contribution is 7.18. The normalized spacial score (nSPS) is 12.6. The number of amides is 3. The monoisotopic (exact) mass is 431 g/mol. The number of thiophene rings is 1. The molecule has 0 spiro atoms. The molecule has 1 aliphatic heterocycles. The molecule has 0 atom stereocenters. The van der Waals surface area contributed by atoms with Crippen LogP contribution in [-0.4, -0.2) is 50.5 Å². The van der Waals surface area contributed by atoms with E-state index < -0.39 is 11.9 Å². The number of ether oxygens (including phenoxy) is 2. The first kappa shape index (κ1) is 21.3. The first-order chi connectivity index (χ1) is 14.4. The van der Waals surface area contributed by atoms with Crippen molar-refractivity contribution in [2.45, 2.75) is 13.8 Å². The second-order valence-electron chi connectivity index (χ2n) is 6.34.